The first-order chi connectivity index (χ1) is 14.5. The van der Waals surface area contributed by atoms with E-state index in [1.54, 1.807) is 4.31 Å². The summed E-state index contributed by atoms with van der Waals surface area (Å²) < 4.78 is 32.1. The molecule has 0 aromatic carbocycles. The van der Waals surface area contributed by atoms with Crippen LogP contribution in [0.4, 0.5) is 0 Å². The molecule has 1 saturated carbocycles. The predicted molar refractivity (Wildman–Crippen MR) is 140 cm³/mol. The van der Waals surface area contributed by atoms with Crippen molar-refractivity contribution in [2.24, 2.45) is 4.99 Å². The molecule has 0 unspecified atom stereocenters. The van der Waals surface area contributed by atoms with E-state index in [0.717, 1.165) is 57.8 Å². The van der Waals surface area contributed by atoms with Crippen LogP contribution in [0.5, 0.6) is 0 Å². The first kappa shape index (κ1) is 28.9. The van der Waals surface area contributed by atoms with Gasteiger partial charge in [0, 0.05) is 38.8 Å². The SMILES string of the molecule is CCCS(=O)(=O)N1CCC(NC(=NCCCCCOC2CCCCC2)NCC)CC1.I. The summed E-state index contributed by atoms with van der Waals surface area (Å²) >= 11 is 0. The lowest BCUT2D eigenvalue weighted by atomic mass is 9.98. The average Bonchev–Trinajstić information content (AvgIpc) is 2.74. The van der Waals surface area contributed by atoms with Gasteiger partial charge in [0.15, 0.2) is 5.96 Å². The molecule has 1 heterocycles. The van der Waals surface area contributed by atoms with Crippen LogP contribution in [0.25, 0.3) is 0 Å². The molecule has 0 aromatic heterocycles. The Morgan fingerprint density at radius 2 is 1.74 bits per heavy atom. The van der Waals surface area contributed by atoms with Gasteiger partial charge in [-0.1, -0.05) is 26.2 Å². The van der Waals surface area contributed by atoms with Crippen molar-refractivity contribution in [2.75, 3.05) is 38.5 Å². The summed E-state index contributed by atoms with van der Waals surface area (Å²) in [6, 6.07) is 0.278. The third-order valence-corrected chi connectivity index (χ3v) is 8.05. The summed E-state index contributed by atoms with van der Waals surface area (Å²) in [5.41, 5.74) is 0. The van der Waals surface area contributed by atoms with Crippen molar-refractivity contribution in [3.63, 3.8) is 0 Å². The van der Waals surface area contributed by atoms with Crippen molar-refractivity contribution in [3.05, 3.63) is 0 Å². The van der Waals surface area contributed by atoms with Crippen LogP contribution in [0.2, 0.25) is 0 Å². The van der Waals surface area contributed by atoms with Gasteiger partial charge in [-0.15, -0.1) is 24.0 Å². The molecule has 0 amide bonds. The number of hydrogen-bond donors (Lipinski definition) is 2. The van der Waals surface area contributed by atoms with Gasteiger partial charge < -0.3 is 15.4 Å². The van der Waals surface area contributed by atoms with Crippen molar-refractivity contribution in [2.45, 2.75) is 96.6 Å². The maximum absolute atomic E-state index is 12.2. The highest BCUT2D eigenvalue weighted by atomic mass is 127. The number of aliphatic imine (C=N–C) groups is 1. The summed E-state index contributed by atoms with van der Waals surface area (Å²) in [6.45, 7) is 7.69. The van der Waals surface area contributed by atoms with E-state index in [0.29, 0.717) is 25.6 Å². The van der Waals surface area contributed by atoms with E-state index >= 15 is 0 Å². The molecule has 0 atom stereocenters. The van der Waals surface area contributed by atoms with Crippen molar-refractivity contribution in [3.8, 4) is 0 Å². The standard InChI is InChI=1S/C22H44N4O3S.HI/c1-3-19-30(27,28)26-16-13-20(14-17-26)25-22(23-4-2)24-15-9-6-10-18-29-21-11-7-5-8-12-21;/h20-21H,3-19H2,1-2H3,(H2,23,24,25);1H. The van der Waals surface area contributed by atoms with Crippen LogP contribution in [0, 0.1) is 0 Å². The van der Waals surface area contributed by atoms with Crippen molar-refractivity contribution < 1.29 is 13.2 Å². The number of halogens is 1. The van der Waals surface area contributed by atoms with Crippen molar-refractivity contribution >= 4 is 40.0 Å². The zero-order valence-electron chi connectivity index (χ0n) is 19.6. The zero-order chi connectivity index (χ0) is 21.7. The fourth-order valence-corrected chi connectivity index (χ4v) is 5.78. The quantitative estimate of drug-likeness (QED) is 0.161. The number of piperidine rings is 1. The molecule has 184 valence electrons. The Morgan fingerprint density at radius 3 is 2.39 bits per heavy atom. The van der Waals surface area contributed by atoms with Gasteiger partial charge in [-0.3, -0.25) is 4.99 Å². The molecular weight excluding hydrogens is 527 g/mol. The summed E-state index contributed by atoms with van der Waals surface area (Å²) in [5.74, 6) is 1.10. The highest BCUT2D eigenvalue weighted by Crippen LogP contribution is 2.20. The lowest BCUT2D eigenvalue weighted by molar-refractivity contribution is 0.0264. The molecule has 0 aromatic rings. The monoisotopic (exact) mass is 572 g/mol. The van der Waals surface area contributed by atoms with Gasteiger partial charge in [0.05, 0.1) is 11.9 Å². The maximum atomic E-state index is 12.2. The summed E-state index contributed by atoms with van der Waals surface area (Å²) in [6.07, 6.45) is 12.7. The summed E-state index contributed by atoms with van der Waals surface area (Å²) in [7, 11) is -3.08. The number of sulfonamides is 1. The Morgan fingerprint density at radius 1 is 1.03 bits per heavy atom. The molecule has 31 heavy (non-hydrogen) atoms. The molecule has 7 nitrogen and oxygen atoms in total. The molecule has 2 rings (SSSR count). The van der Waals surface area contributed by atoms with Crippen molar-refractivity contribution in [1.29, 1.82) is 0 Å². The molecular formula is C22H45IN4O3S. The number of hydrogen-bond acceptors (Lipinski definition) is 4. The van der Waals surface area contributed by atoms with Gasteiger partial charge in [0.2, 0.25) is 10.0 Å². The second-order valence-corrected chi connectivity index (χ2v) is 10.7. The van der Waals surface area contributed by atoms with E-state index in [2.05, 4.69) is 17.6 Å². The third kappa shape index (κ3) is 11.5. The molecule has 9 heteroatoms. The van der Waals surface area contributed by atoms with Gasteiger partial charge in [-0.05, 0) is 58.3 Å². The van der Waals surface area contributed by atoms with Crippen LogP contribution >= 0.6 is 24.0 Å². The minimum atomic E-state index is -3.08. The highest BCUT2D eigenvalue weighted by molar-refractivity contribution is 14.0. The third-order valence-electron chi connectivity index (χ3n) is 5.97. The van der Waals surface area contributed by atoms with E-state index in [-0.39, 0.29) is 35.8 Å². The van der Waals surface area contributed by atoms with E-state index in [1.165, 1.54) is 32.1 Å². The Labute approximate surface area is 207 Å². The first-order valence-corrected chi connectivity index (χ1v) is 13.8. The van der Waals surface area contributed by atoms with Gasteiger partial charge in [-0.2, -0.15) is 0 Å². The molecule has 0 spiro atoms. The lowest BCUT2D eigenvalue weighted by Crippen LogP contribution is -2.50. The molecule has 2 aliphatic rings. The second kappa shape index (κ2) is 16.5. The number of rotatable bonds is 12. The maximum Gasteiger partial charge on any atom is 0.214 e. The Kier molecular flexibility index (Phi) is 15.4. The average molecular weight is 573 g/mol. The Balaban J connectivity index is 0.00000480. The topological polar surface area (TPSA) is 83.0 Å². The largest absolute Gasteiger partial charge is 0.378 e. The van der Waals surface area contributed by atoms with Crippen LogP contribution in [0.1, 0.15) is 84.5 Å². The van der Waals surface area contributed by atoms with Gasteiger partial charge in [0.25, 0.3) is 0 Å². The van der Waals surface area contributed by atoms with Crippen LogP contribution in [-0.2, 0) is 14.8 Å². The molecule has 2 N–H and O–H groups in total. The van der Waals surface area contributed by atoms with Gasteiger partial charge in [0.1, 0.15) is 0 Å². The van der Waals surface area contributed by atoms with Crippen LogP contribution in [-0.4, -0.2) is 69.4 Å². The van der Waals surface area contributed by atoms with E-state index in [4.69, 9.17) is 9.73 Å². The van der Waals surface area contributed by atoms with Gasteiger partial charge in [-0.25, -0.2) is 12.7 Å². The summed E-state index contributed by atoms with van der Waals surface area (Å²) in [4.78, 5) is 4.71. The lowest BCUT2D eigenvalue weighted by Gasteiger charge is -2.32. The Hall–Kier alpha value is -0.130. The second-order valence-electron chi connectivity index (χ2n) is 8.59. The molecule has 1 aliphatic heterocycles. The van der Waals surface area contributed by atoms with E-state index in [9.17, 15) is 8.42 Å². The summed E-state index contributed by atoms with van der Waals surface area (Å²) in [5, 5.41) is 6.82. The number of nitrogens with one attached hydrogen (secondary N) is 2. The van der Waals surface area contributed by atoms with Crippen LogP contribution in [0.15, 0.2) is 4.99 Å². The molecule has 1 saturated heterocycles. The zero-order valence-corrected chi connectivity index (χ0v) is 22.8. The van der Waals surface area contributed by atoms with Gasteiger partial charge >= 0.3 is 0 Å². The van der Waals surface area contributed by atoms with Crippen LogP contribution < -0.4 is 10.6 Å². The van der Waals surface area contributed by atoms with E-state index in [1.807, 2.05) is 6.92 Å². The fourth-order valence-electron chi connectivity index (χ4n) is 4.24. The highest BCUT2D eigenvalue weighted by Gasteiger charge is 2.27. The molecule has 0 bridgehead atoms. The normalized spacial score (nSPS) is 19.7. The fraction of sp³-hybridized carbons (Fsp3) is 0.955. The molecule has 1 aliphatic carbocycles. The molecule has 2 fully saturated rings. The van der Waals surface area contributed by atoms with E-state index < -0.39 is 10.0 Å². The van der Waals surface area contributed by atoms with Crippen LogP contribution in [0.3, 0.4) is 0 Å². The molecule has 0 radical (unpaired) electrons. The number of ether oxygens (including phenoxy) is 1. The van der Waals surface area contributed by atoms with Crippen molar-refractivity contribution in [1.82, 2.24) is 14.9 Å². The first-order valence-electron chi connectivity index (χ1n) is 12.2. The number of unbranched alkanes of at least 4 members (excludes halogenated alkanes) is 2. The predicted octanol–water partition coefficient (Wildman–Crippen LogP) is 3.88. The smallest absolute Gasteiger partial charge is 0.214 e. The minimum Gasteiger partial charge on any atom is -0.378 e. The number of nitrogens with zero attached hydrogens (tertiary/aromatic N) is 2. The number of guanidine groups is 1. The Bertz CT molecular complexity index is 590. The minimum absolute atomic E-state index is 0.